The van der Waals surface area contributed by atoms with Gasteiger partial charge in [0.05, 0.1) is 6.17 Å². The van der Waals surface area contributed by atoms with Crippen molar-refractivity contribution in [2.45, 2.75) is 6.17 Å². The van der Waals surface area contributed by atoms with Crippen LogP contribution in [0.5, 0.6) is 0 Å². The molecule has 0 aliphatic heterocycles. The van der Waals surface area contributed by atoms with E-state index < -0.39 is 0 Å². The first-order valence-electron chi connectivity index (χ1n) is 3.27. The molecule has 3 heteroatoms. The molecule has 0 saturated heterocycles. The minimum Gasteiger partial charge on any atom is -0.363 e. The van der Waals surface area contributed by atoms with E-state index in [-0.39, 0.29) is 6.17 Å². The van der Waals surface area contributed by atoms with Gasteiger partial charge < -0.3 is 10.7 Å². The fourth-order valence-electron chi connectivity index (χ4n) is 0.806. The molecule has 0 aliphatic carbocycles. The maximum Gasteiger partial charge on any atom is 0.0982 e. The lowest BCUT2D eigenvalue weighted by Crippen LogP contribution is -2.27. The van der Waals surface area contributed by atoms with E-state index in [0.29, 0.717) is 0 Å². The van der Waals surface area contributed by atoms with Gasteiger partial charge in [-0.25, -0.2) is 0 Å². The molecule has 56 valence electrons. The number of aromatic amines is 1. The van der Waals surface area contributed by atoms with E-state index in [4.69, 9.17) is 5.73 Å². The molecule has 1 unspecified atom stereocenters. The largest absolute Gasteiger partial charge is 0.363 e. The van der Waals surface area contributed by atoms with E-state index in [1.165, 1.54) is 0 Å². The molecule has 0 aliphatic rings. The number of H-pyrrole nitrogens is 1. The van der Waals surface area contributed by atoms with Crippen LogP contribution in [0.2, 0.25) is 0 Å². The summed E-state index contributed by atoms with van der Waals surface area (Å²) in [6, 6.07) is 3.92. The maximum atomic E-state index is 5.78. The van der Waals surface area contributed by atoms with Crippen LogP contribution >= 0.6 is 0 Å². The van der Waals surface area contributed by atoms with Crippen LogP contribution < -0.4 is 5.73 Å². The first-order valence-corrected chi connectivity index (χ1v) is 3.27. The Hall–Kier alpha value is -0.800. The van der Waals surface area contributed by atoms with Gasteiger partial charge in [-0.05, 0) is 26.2 Å². The highest BCUT2D eigenvalue weighted by atomic mass is 15.2. The summed E-state index contributed by atoms with van der Waals surface area (Å²) in [5.74, 6) is 0. The Morgan fingerprint density at radius 2 is 2.30 bits per heavy atom. The predicted molar refractivity (Wildman–Crippen MR) is 41.4 cm³/mol. The number of hydrogen-bond donors (Lipinski definition) is 2. The van der Waals surface area contributed by atoms with Gasteiger partial charge in [-0.15, -0.1) is 0 Å². The summed E-state index contributed by atoms with van der Waals surface area (Å²) in [5, 5.41) is 0. The Morgan fingerprint density at radius 1 is 1.60 bits per heavy atom. The molecule has 0 bridgehead atoms. The van der Waals surface area contributed by atoms with Crippen LogP contribution in [0.1, 0.15) is 11.9 Å². The van der Waals surface area contributed by atoms with Crippen LogP contribution in [0.15, 0.2) is 18.3 Å². The average molecular weight is 139 g/mol. The van der Waals surface area contributed by atoms with Gasteiger partial charge in [0.1, 0.15) is 0 Å². The summed E-state index contributed by atoms with van der Waals surface area (Å²) in [6.07, 6.45) is 1.86. The molecule has 1 atom stereocenters. The van der Waals surface area contributed by atoms with Crippen molar-refractivity contribution in [3.63, 3.8) is 0 Å². The molecule has 0 fully saturated rings. The lowest BCUT2D eigenvalue weighted by atomic mass is 10.3. The minimum absolute atomic E-state index is 0.0185. The Bertz CT molecular complexity index is 179. The molecular weight excluding hydrogens is 126 g/mol. The van der Waals surface area contributed by atoms with Gasteiger partial charge in [0.2, 0.25) is 0 Å². The Morgan fingerprint density at radius 3 is 2.70 bits per heavy atom. The highest BCUT2D eigenvalue weighted by Crippen LogP contribution is 2.07. The number of hydrogen-bond acceptors (Lipinski definition) is 2. The highest BCUT2D eigenvalue weighted by Gasteiger charge is 2.06. The molecule has 0 aromatic carbocycles. The monoisotopic (exact) mass is 139 g/mol. The Balaban J connectivity index is 2.68. The zero-order valence-electron chi connectivity index (χ0n) is 6.33. The van der Waals surface area contributed by atoms with Crippen LogP contribution in [-0.2, 0) is 0 Å². The first kappa shape index (κ1) is 7.31. The number of nitrogens with two attached hydrogens (primary N) is 1. The van der Waals surface area contributed by atoms with Crippen molar-refractivity contribution in [3.8, 4) is 0 Å². The zero-order chi connectivity index (χ0) is 7.56. The molecule has 0 spiro atoms. The lowest BCUT2D eigenvalue weighted by Gasteiger charge is -2.17. The molecule has 3 nitrogen and oxygen atoms in total. The van der Waals surface area contributed by atoms with Crippen LogP contribution in [0.4, 0.5) is 0 Å². The molecule has 1 rings (SSSR count). The van der Waals surface area contributed by atoms with Gasteiger partial charge in [-0.2, -0.15) is 0 Å². The third kappa shape index (κ3) is 1.37. The second-order valence-corrected chi connectivity index (χ2v) is 2.53. The fourth-order valence-corrected chi connectivity index (χ4v) is 0.806. The fraction of sp³-hybridized carbons (Fsp3) is 0.429. The van der Waals surface area contributed by atoms with Crippen molar-refractivity contribution >= 4 is 0 Å². The quantitative estimate of drug-likeness (QED) is 0.587. The van der Waals surface area contributed by atoms with Crippen LogP contribution in [0, 0.1) is 0 Å². The van der Waals surface area contributed by atoms with Crippen molar-refractivity contribution in [2.24, 2.45) is 5.73 Å². The molecule has 1 aromatic heterocycles. The second kappa shape index (κ2) is 2.86. The zero-order valence-corrected chi connectivity index (χ0v) is 6.33. The third-order valence-electron chi connectivity index (χ3n) is 1.50. The van der Waals surface area contributed by atoms with Crippen LogP contribution in [0.25, 0.3) is 0 Å². The number of aromatic nitrogens is 1. The second-order valence-electron chi connectivity index (χ2n) is 2.53. The van der Waals surface area contributed by atoms with Gasteiger partial charge in [-0.1, -0.05) is 0 Å². The maximum absolute atomic E-state index is 5.78. The molecule has 3 N–H and O–H groups in total. The van der Waals surface area contributed by atoms with Gasteiger partial charge in [-0.3, -0.25) is 4.90 Å². The Labute approximate surface area is 60.8 Å². The van der Waals surface area contributed by atoms with E-state index >= 15 is 0 Å². The van der Waals surface area contributed by atoms with E-state index in [0.717, 1.165) is 5.69 Å². The number of nitrogens with one attached hydrogen (secondary N) is 1. The normalized spacial score (nSPS) is 14.0. The van der Waals surface area contributed by atoms with Crippen molar-refractivity contribution < 1.29 is 0 Å². The topological polar surface area (TPSA) is 45.0 Å². The van der Waals surface area contributed by atoms with E-state index in [9.17, 15) is 0 Å². The van der Waals surface area contributed by atoms with Crippen molar-refractivity contribution in [1.82, 2.24) is 9.88 Å². The third-order valence-corrected chi connectivity index (χ3v) is 1.50. The standard InChI is InChI=1S/C7H13N3/c1-10(2)7(8)6-4-3-5-9-6/h3-5,7,9H,8H2,1-2H3. The predicted octanol–water partition coefficient (Wildman–Crippen LogP) is 0.534. The number of nitrogens with zero attached hydrogens (tertiary/aromatic N) is 1. The van der Waals surface area contributed by atoms with E-state index in [1.54, 1.807) is 0 Å². The van der Waals surface area contributed by atoms with Gasteiger partial charge >= 0.3 is 0 Å². The van der Waals surface area contributed by atoms with Crippen LogP contribution in [0.3, 0.4) is 0 Å². The molecule has 0 amide bonds. The van der Waals surface area contributed by atoms with Crippen molar-refractivity contribution in [3.05, 3.63) is 24.0 Å². The molecular formula is C7H13N3. The molecule has 10 heavy (non-hydrogen) atoms. The van der Waals surface area contributed by atoms with E-state index in [1.807, 2.05) is 37.3 Å². The SMILES string of the molecule is CN(C)C(N)c1ccc[nH]1. The van der Waals surface area contributed by atoms with Gasteiger partial charge in [0, 0.05) is 11.9 Å². The highest BCUT2D eigenvalue weighted by molar-refractivity contribution is 5.07. The smallest absolute Gasteiger partial charge is 0.0982 e. The number of rotatable bonds is 2. The summed E-state index contributed by atoms with van der Waals surface area (Å²) in [6.45, 7) is 0. The van der Waals surface area contributed by atoms with Crippen LogP contribution in [-0.4, -0.2) is 24.0 Å². The van der Waals surface area contributed by atoms with Crippen molar-refractivity contribution in [1.29, 1.82) is 0 Å². The Kier molecular flexibility index (Phi) is 2.09. The lowest BCUT2D eigenvalue weighted by molar-refractivity contribution is 0.302. The summed E-state index contributed by atoms with van der Waals surface area (Å²) in [7, 11) is 3.90. The summed E-state index contributed by atoms with van der Waals surface area (Å²) in [5.41, 5.74) is 6.82. The van der Waals surface area contributed by atoms with E-state index in [2.05, 4.69) is 4.98 Å². The van der Waals surface area contributed by atoms with Gasteiger partial charge in [0.15, 0.2) is 0 Å². The molecule has 1 aromatic rings. The summed E-state index contributed by atoms with van der Waals surface area (Å²) < 4.78 is 0. The molecule has 0 saturated carbocycles. The van der Waals surface area contributed by atoms with Crippen molar-refractivity contribution in [2.75, 3.05) is 14.1 Å². The summed E-state index contributed by atoms with van der Waals surface area (Å²) in [4.78, 5) is 5.00. The molecule has 1 heterocycles. The minimum atomic E-state index is -0.0185. The molecule has 0 radical (unpaired) electrons. The average Bonchev–Trinajstić information content (AvgIpc) is 2.36. The first-order chi connectivity index (χ1) is 4.72. The van der Waals surface area contributed by atoms with Gasteiger partial charge in [0.25, 0.3) is 0 Å². The summed E-state index contributed by atoms with van der Waals surface area (Å²) >= 11 is 0.